The van der Waals surface area contributed by atoms with E-state index >= 15 is 0 Å². The van der Waals surface area contributed by atoms with Crippen molar-refractivity contribution in [2.24, 2.45) is 0 Å². The Hall–Kier alpha value is 0.310. The zero-order valence-corrected chi connectivity index (χ0v) is 8.07. The second-order valence-electron chi connectivity index (χ2n) is 1.76. The minimum atomic E-state index is -4.59. The molecule has 0 fully saturated rings. The van der Waals surface area contributed by atoms with E-state index in [0.29, 0.717) is 0 Å². The van der Waals surface area contributed by atoms with Gasteiger partial charge in [0.15, 0.2) is 4.93 Å². The van der Waals surface area contributed by atoms with Crippen LogP contribution in [0.25, 0.3) is 0 Å². The maximum atomic E-state index is 10.0. The number of aliphatic hydroxyl groups is 1. The summed E-state index contributed by atoms with van der Waals surface area (Å²) in [7, 11) is -4.59. The first kappa shape index (κ1) is 12.9. The molecule has 5 nitrogen and oxygen atoms in total. The van der Waals surface area contributed by atoms with Gasteiger partial charge in [-0.05, 0) is 6.92 Å². The summed E-state index contributed by atoms with van der Waals surface area (Å²) in [5.74, 6) is 0. The Morgan fingerprint density at radius 1 is 1.70 bits per heavy atom. The number of halogens is 1. The molecule has 10 heavy (non-hydrogen) atoms. The molecule has 0 aliphatic carbocycles. The molecule has 0 radical (unpaired) electrons. The van der Waals surface area contributed by atoms with Crippen molar-refractivity contribution in [1.29, 1.82) is 0 Å². The van der Waals surface area contributed by atoms with Crippen LogP contribution in [-0.4, -0.2) is 28.3 Å². The van der Waals surface area contributed by atoms with Gasteiger partial charge in [-0.15, -0.1) is 0 Å². The zero-order valence-electron chi connectivity index (χ0n) is 5.67. The fourth-order valence-corrected chi connectivity index (χ4v) is 1.04. The van der Waals surface area contributed by atoms with Crippen LogP contribution in [-0.2, 0) is 10.1 Å². The van der Waals surface area contributed by atoms with Crippen LogP contribution in [0.3, 0.4) is 0 Å². The molecule has 0 aromatic carbocycles. The Morgan fingerprint density at radius 2 is 2.00 bits per heavy atom. The topological polar surface area (TPSA) is 114 Å². The summed E-state index contributed by atoms with van der Waals surface area (Å²) in [6.07, 6.45) is 0. The smallest absolute Gasteiger partial charge is 0.160 e. The largest absolute Gasteiger partial charge is 0.746 e. The summed E-state index contributed by atoms with van der Waals surface area (Å²) >= 11 is 2.68. The van der Waals surface area contributed by atoms with Gasteiger partial charge in [0.2, 0.25) is 0 Å². The lowest BCUT2D eigenvalue weighted by molar-refractivity contribution is 0.156. The summed E-state index contributed by atoms with van der Waals surface area (Å²) in [4.78, 5) is -2.19. The molecule has 1 unspecified atom stereocenters. The van der Waals surface area contributed by atoms with E-state index < -0.39 is 15.1 Å². The lowest BCUT2D eigenvalue weighted by Gasteiger charge is -2.23. The lowest BCUT2D eigenvalue weighted by Crippen LogP contribution is -2.36. The van der Waals surface area contributed by atoms with Crippen LogP contribution in [0.2, 0.25) is 0 Å². The molecule has 0 bridgehead atoms. The van der Waals surface area contributed by atoms with Gasteiger partial charge in [0.05, 0.1) is 0 Å². The third-order valence-corrected chi connectivity index (χ3v) is 3.47. The van der Waals surface area contributed by atoms with Crippen molar-refractivity contribution in [3.05, 3.63) is 0 Å². The van der Waals surface area contributed by atoms with Crippen molar-refractivity contribution in [3.8, 4) is 0 Å². The molecule has 0 saturated heterocycles. The first-order valence-electron chi connectivity index (χ1n) is 2.05. The number of hydrogen-bond donors (Lipinski definition) is 2. The predicted molar refractivity (Wildman–Crippen MR) is 40.1 cm³/mol. The van der Waals surface area contributed by atoms with Gasteiger partial charge in [-0.1, -0.05) is 15.9 Å². The summed E-state index contributed by atoms with van der Waals surface area (Å²) in [5.41, 5.74) is 0. The number of alkyl halides is 1. The van der Waals surface area contributed by atoms with E-state index in [0.717, 1.165) is 6.92 Å². The van der Waals surface area contributed by atoms with E-state index in [1.165, 1.54) is 0 Å². The lowest BCUT2D eigenvalue weighted by atomic mass is 10.5. The van der Waals surface area contributed by atoms with Gasteiger partial charge in [-0.3, -0.25) is 0 Å². The van der Waals surface area contributed by atoms with Crippen LogP contribution in [0.15, 0.2) is 0 Å². The average molecular weight is 236 g/mol. The van der Waals surface area contributed by atoms with Crippen LogP contribution in [0, 0.1) is 0 Å². The maximum Gasteiger partial charge on any atom is 0.160 e. The average Bonchev–Trinajstić information content (AvgIpc) is 1.64. The fourth-order valence-electron chi connectivity index (χ4n) is 0.0668. The molecule has 0 aromatic rings. The van der Waals surface area contributed by atoms with E-state index in [2.05, 4.69) is 15.9 Å². The van der Waals surface area contributed by atoms with Gasteiger partial charge in [0.25, 0.3) is 0 Å². The van der Waals surface area contributed by atoms with Crippen LogP contribution in [0.5, 0.6) is 0 Å². The molecular formula is C3H10BrNO4S. The molecule has 1 atom stereocenters. The third-order valence-electron chi connectivity index (χ3n) is 0.787. The van der Waals surface area contributed by atoms with Gasteiger partial charge in [-0.2, -0.15) is 0 Å². The monoisotopic (exact) mass is 235 g/mol. The summed E-state index contributed by atoms with van der Waals surface area (Å²) in [6, 6.07) is 0. The normalized spacial score (nSPS) is 17.2. The van der Waals surface area contributed by atoms with E-state index in [1.54, 1.807) is 0 Å². The summed E-state index contributed by atoms with van der Waals surface area (Å²) in [5, 5.41) is 8.44. The van der Waals surface area contributed by atoms with E-state index in [-0.39, 0.29) is 11.5 Å². The standard InChI is InChI=1S/C3H7BrO4S.H3N/c1-3(5,2-4)9(6,7)8;/h5H,2H2,1H3,(H,6,7,8);1H3. The third kappa shape index (κ3) is 2.93. The SMILES string of the molecule is CC(O)(CBr)S(=O)(=O)[O-].[NH4+]. The molecule has 0 spiro atoms. The molecule has 7 heteroatoms. The van der Waals surface area contributed by atoms with Crippen molar-refractivity contribution < 1.29 is 18.1 Å². The van der Waals surface area contributed by atoms with Crippen LogP contribution >= 0.6 is 15.9 Å². The number of rotatable bonds is 2. The van der Waals surface area contributed by atoms with Gasteiger partial charge in [-0.25, -0.2) is 8.42 Å². The molecule has 0 aliphatic rings. The van der Waals surface area contributed by atoms with Crippen LogP contribution < -0.4 is 6.15 Å². The second-order valence-corrected chi connectivity index (χ2v) is 4.11. The number of quaternary nitrogens is 1. The summed E-state index contributed by atoms with van der Waals surface area (Å²) in [6.45, 7) is 0.935. The van der Waals surface area contributed by atoms with Gasteiger partial charge >= 0.3 is 0 Å². The fraction of sp³-hybridized carbons (Fsp3) is 1.00. The van der Waals surface area contributed by atoms with Crippen molar-refractivity contribution in [2.45, 2.75) is 11.9 Å². The molecule has 0 heterocycles. The quantitative estimate of drug-likeness (QED) is 0.519. The molecular weight excluding hydrogens is 226 g/mol. The minimum Gasteiger partial charge on any atom is -0.746 e. The zero-order chi connectivity index (χ0) is 7.71. The molecule has 64 valence electrons. The van der Waals surface area contributed by atoms with Crippen molar-refractivity contribution in [2.75, 3.05) is 5.33 Å². The first-order valence-corrected chi connectivity index (χ1v) is 4.58. The van der Waals surface area contributed by atoms with Crippen LogP contribution in [0.1, 0.15) is 6.92 Å². The maximum absolute atomic E-state index is 10.0. The summed E-state index contributed by atoms with van der Waals surface area (Å²) < 4.78 is 30.1. The highest BCUT2D eigenvalue weighted by Gasteiger charge is 2.26. The van der Waals surface area contributed by atoms with Gasteiger partial charge in [0.1, 0.15) is 10.1 Å². The number of hydrogen-bond acceptors (Lipinski definition) is 4. The molecule has 0 saturated carbocycles. The van der Waals surface area contributed by atoms with Gasteiger partial charge in [0, 0.05) is 5.33 Å². The molecule has 0 rings (SSSR count). The molecule has 0 aromatic heterocycles. The highest BCUT2D eigenvalue weighted by Crippen LogP contribution is 2.13. The Bertz CT molecular complexity index is 187. The molecule has 5 N–H and O–H groups in total. The van der Waals surface area contributed by atoms with E-state index in [9.17, 15) is 13.0 Å². The second kappa shape index (κ2) is 3.63. The highest BCUT2D eigenvalue weighted by atomic mass is 79.9. The van der Waals surface area contributed by atoms with E-state index in [1.807, 2.05) is 0 Å². The van der Waals surface area contributed by atoms with Crippen molar-refractivity contribution in [1.82, 2.24) is 6.15 Å². The Kier molecular flexibility index (Phi) is 4.70. The van der Waals surface area contributed by atoms with Crippen molar-refractivity contribution in [3.63, 3.8) is 0 Å². The highest BCUT2D eigenvalue weighted by molar-refractivity contribution is 9.09. The van der Waals surface area contributed by atoms with Gasteiger partial charge < -0.3 is 15.8 Å². The Labute approximate surface area is 67.9 Å². The minimum absolute atomic E-state index is 0. The predicted octanol–water partition coefficient (Wildman–Crippen LogP) is 0.0112. The van der Waals surface area contributed by atoms with Crippen LogP contribution in [0.4, 0.5) is 0 Å². The molecule has 0 aliphatic heterocycles. The van der Waals surface area contributed by atoms with E-state index in [4.69, 9.17) is 5.11 Å². The molecule has 0 amide bonds. The van der Waals surface area contributed by atoms with Crippen molar-refractivity contribution >= 4 is 26.0 Å². The Balaban J connectivity index is 0. The Morgan fingerprint density at radius 3 is 2.00 bits per heavy atom. The first-order chi connectivity index (χ1) is 3.81.